The molecule has 182 valence electrons. The monoisotopic (exact) mass is 477 g/mol. The lowest BCUT2D eigenvalue weighted by Gasteiger charge is -2.09. The van der Waals surface area contributed by atoms with Crippen LogP contribution < -0.4 is 10.5 Å². The number of carbonyl (C=O) groups is 1. The van der Waals surface area contributed by atoms with Gasteiger partial charge in [0, 0.05) is 36.7 Å². The van der Waals surface area contributed by atoms with Crippen molar-refractivity contribution in [3.05, 3.63) is 65.7 Å². The number of pyridine rings is 1. The number of aryl methyl sites for hydroxylation is 2. The summed E-state index contributed by atoms with van der Waals surface area (Å²) in [5, 5.41) is 19.0. The number of ether oxygens (including phenoxy) is 2. The van der Waals surface area contributed by atoms with Crippen LogP contribution in [0.2, 0.25) is 0 Å². The van der Waals surface area contributed by atoms with Gasteiger partial charge >= 0.3 is 0 Å². The highest BCUT2D eigenvalue weighted by Gasteiger charge is 2.18. The van der Waals surface area contributed by atoms with E-state index in [0.717, 1.165) is 22.0 Å². The van der Waals surface area contributed by atoms with Gasteiger partial charge in [-0.05, 0) is 31.5 Å². The SMILES string of the molecule is C=O.COCCN.Cc1ccc(COc2nn3c(-c4cc(C)on4)nnc3c3ccccc23)nc1. The van der Waals surface area contributed by atoms with E-state index in [-0.39, 0.29) is 0 Å². The van der Waals surface area contributed by atoms with Gasteiger partial charge < -0.3 is 24.5 Å². The molecule has 0 aliphatic carbocycles. The van der Waals surface area contributed by atoms with Crippen LogP contribution >= 0.6 is 0 Å². The molecule has 1 aromatic carbocycles. The Balaban J connectivity index is 0.000000438. The second kappa shape index (κ2) is 12.3. The van der Waals surface area contributed by atoms with Gasteiger partial charge in [0.15, 0.2) is 11.3 Å². The quantitative estimate of drug-likeness (QED) is 0.387. The van der Waals surface area contributed by atoms with E-state index in [1.165, 1.54) is 0 Å². The summed E-state index contributed by atoms with van der Waals surface area (Å²) in [6.07, 6.45) is 1.82. The first-order valence-corrected chi connectivity index (χ1v) is 10.7. The van der Waals surface area contributed by atoms with E-state index in [1.807, 2.05) is 63.2 Å². The first-order chi connectivity index (χ1) is 17.1. The van der Waals surface area contributed by atoms with E-state index in [9.17, 15) is 0 Å². The summed E-state index contributed by atoms with van der Waals surface area (Å²) < 4.78 is 17.4. The van der Waals surface area contributed by atoms with Crippen LogP contribution in [-0.4, -0.2) is 57.0 Å². The Bertz CT molecular complexity index is 1360. The molecule has 5 aromatic rings. The molecule has 0 saturated heterocycles. The fraction of sp³-hybridized carbons (Fsp3) is 0.250. The topological polar surface area (TPSA) is 144 Å². The van der Waals surface area contributed by atoms with Gasteiger partial charge in [0.25, 0.3) is 0 Å². The Morgan fingerprint density at radius 3 is 2.46 bits per heavy atom. The first kappa shape index (κ1) is 25.4. The van der Waals surface area contributed by atoms with Crippen molar-refractivity contribution in [2.45, 2.75) is 20.5 Å². The molecular formula is C24H27N7O4. The zero-order valence-corrected chi connectivity index (χ0v) is 19.8. The van der Waals surface area contributed by atoms with E-state index in [2.05, 4.69) is 30.2 Å². The Morgan fingerprint density at radius 1 is 1.09 bits per heavy atom. The van der Waals surface area contributed by atoms with Crippen molar-refractivity contribution in [2.75, 3.05) is 20.3 Å². The van der Waals surface area contributed by atoms with Crippen molar-refractivity contribution in [1.82, 2.24) is 30.0 Å². The van der Waals surface area contributed by atoms with Crippen LogP contribution in [0.1, 0.15) is 17.0 Å². The van der Waals surface area contributed by atoms with Crippen LogP contribution in [0.15, 0.2) is 53.2 Å². The number of nitrogens with zero attached hydrogens (tertiary/aromatic N) is 6. The Kier molecular flexibility index (Phi) is 8.93. The average Bonchev–Trinajstić information content (AvgIpc) is 3.51. The lowest BCUT2D eigenvalue weighted by Crippen LogP contribution is -2.05. The van der Waals surface area contributed by atoms with Crippen LogP contribution in [0, 0.1) is 13.8 Å². The maximum absolute atomic E-state index is 8.00. The van der Waals surface area contributed by atoms with Crippen LogP contribution in [0.5, 0.6) is 5.88 Å². The molecule has 0 fully saturated rings. The molecule has 2 N–H and O–H groups in total. The molecule has 0 radical (unpaired) electrons. The molecule has 35 heavy (non-hydrogen) atoms. The molecule has 4 heterocycles. The number of methoxy groups -OCH3 is 1. The maximum atomic E-state index is 8.00. The second-order valence-electron chi connectivity index (χ2n) is 7.33. The van der Waals surface area contributed by atoms with Gasteiger partial charge in [-0.3, -0.25) is 4.98 Å². The average molecular weight is 478 g/mol. The molecule has 0 unspecified atom stereocenters. The number of carbonyl (C=O) groups excluding carboxylic acids is 1. The molecule has 11 nitrogen and oxygen atoms in total. The summed E-state index contributed by atoms with van der Waals surface area (Å²) in [5.74, 6) is 1.66. The minimum absolute atomic E-state index is 0.309. The van der Waals surface area contributed by atoms with Gasteiger partial charge in [-0.25, -0.2) is 0 Å². The largest absolute Gasteiger partial charge is 0.470 e. The molecular weight excluding hydrogens is 450 g/mol. The smallest absolute Gasteiger partial charge is 0.240 e. The predicted octanol–water partition coefficient (Wildman–Crippen LogP) is 2.93. The van der Waals surface area contributed by atoms with Crippen LogP contribution in [0.3, 0.4) is 0 Å². The normalized spacial score (nSPS) is 10.4. The highest BCUT2D eigenvalue weighted by Crippen LogP contribution is 2.29. The van der Waals surface area contributed by atoms with Crippen molar-refractivity contribution in [1.29, 1.82) is 0 Å². The second-order valence-corrected chi connectivity index (χ2v) is 7.33. The van der Waals surface area contributed by atoms with Crippen molar-refractivity contribution < 1.29 is 18.8 Å². The summed E-state index contributed by atoms with van der Waals surface area (Å²) in [5.41, 5.74) is 8.14. The van der Waals surface area contributed by atoms with E-state index >= 15 is 0 Å². The minimum atomic E-state index is 0.309. The molecule has 5 rings (SSSR count). The van der Waals surface area contributed by atoms with Crippen molar-refractivity contribution >= 4 is 23.2 Å². The third kappa shape index (κ3) is 6.02. The molecule has 0 saturated carbocycles. The fourth-order valence-electron chi connectivity index (χ4n) is 3.13. The fourth-order valence-corrected chi connectivity index (χ4v) is 3.13. The van der Waals surface area contributed by atoms with Gasteiger partial charge in [0.05, 0.1) is 12.3 Å². The highest BCUT2D eigenvalue weighted by molar-refractivity contribution is 5.96. The summed E-state index contributed by atoms with van der Waals surface area (Å²) in [7, 11) is 1.63. The number of hydrogen-bond donors (Lipinski definition) is 1. The predicted molar refractivity (Wildman–Crippen MR) is 130 cm³/mol. The van der Waals surface area contributed by atoms with Gasteiger partial charge in [-0.1, -0.05) is 29.4 Å². The summed E-state index contributed by atoms with van der Waals surface area (Å²) in [6.45, 7) is 7.42. The third-order valence-electron chi connectivity index (χ3n) is 4.74. The maximum Gasteiger partial charge on any atom is 0.240 e. The van der Waals surface area contributed by atoms with Gasteiger partial charge in [0.1, 0.15) is 19.2 Å². The van der Waals surface area contributed by atoms with Gasteiger partial charge in [-0.15, -0.1) is 15.3 Å². The van der Waals surface area contributed by atoms with Crippen molar-refractivity contribution in [3.8, 4) is 17.4 Å². The number of aromatic nitrogens is 6. The third-order valence-corrected chi connectivity index (χ3v) is 4.74. The summed E-state index contributed by atoms with van der Waals surface area (Å²) >= 11 is 0. The van der Waals surface area contributed by atoms with Crippen molar-refractivity contribution in [3.63, 3.8) is 0 Å². The van der Waals surface area contributed by atoms with E-state index < -0.39 is 0 Å². The van der Waals surface area contributed by atoms with E-state index in [1.54, 1.807) is 17.7 Å². The summed E-state index contributed by atoms with van der Waals surface area (Å²) in [4.78, 5) is 12.4. The van der Waals surface area contributed by atoms with E-state index in [4.69, 9.17) is 19.8 Å². The highest BCUT2D eigenvalue weighted by atomic mass is 16.5. The molecule has 0 atom stereocenters. The molecule has 0 amide bonds. The Morgan fingerprint density at radius 2 is 1.86 bits per heavy atom. The van der Waals surface area contributed by atoms with Crippen LogP contribution in [0.25, 0.3) is 27.9 Å². The molecule has 0 aliphatic rings. The minimum Gasteiger partial charge on any atom is -0.470 e. The first-order valence-electron chi connectivity index (χ1n) is 10.7. The van der Waals surface area contributed by atoms with Crippen LogP contribution in [-0.2, 0) is 16.1 Å². The number of nitrogens with two attached hydrogens (primary N) is 1. The Labute approximate surface area is 201 Å². The number of fused-ring (bicyclic) bond motifs is 3. The lowest BCUT2D eigenvalue weighted by molar-refractivity contribution is -0.0979. The molecule has 0 spiro atoms. The molecule has 0 bridgehead atoms. The molecule has 4 aromatic heterocycles. The molecule has 11 heteroatoms. The molecule has 0 aliphatic heterocycles. The van der Waals surface area contributed by atoms with Gasteiger partial charge in [-0.2, -0.15) is 4.52 Å². The Hall–Kier alpha value is -4.22. The van der Waals surface area contributed by atoms with Crippen molar-refractivity contribution in [2.24, 2.45) is 5.73 Å². The number of rotatable bonds is 6. The van der Waals surface area contributed by atoms with E-state index in [0.29, 0.717) is 48.6 Å². The number of benzene rings is 1. The zero-order chi connectivity index (χ0) is 25.2. The van der Waals surface area contributed by atoms with Gasteiger partial charge in [0.2, 0.25) is 11.7 Å². The zero-order valence-electron chi connectivity index (χ0n) is 19.8. The van der Waals surface area contributed by atoms with Crippen LogP contribution in [0.4, 0.5) is 0 Å². The standard InChI is InChI=1S/C20H16N6O2.C3H9NO.CH2O/c1-12-7-8-14(21-10-12)11-27-20-16-6-4-3-5-15(16)18-22-23-19(26(18)24-20)17-9-13(2)28-25-17;1-5-3-2-4;1-2/h3-10H,11H2,1-2H3;2-4H2,1H3;1H2. The summed E-state index contributed by atoms with van der Waals surface area (Å²) in [6, 6.07) is 13.6. The lowest BCUT2D eigenvalue weighted by atomic mass is 10.2. The number of hydrogen-bond acceptors (Lipinski definition) is 10.